The molecule has 1 aliphatic rings. The fraction of sp³-hybridized carbons (Fsp3) is 0.526. The zero-order chi connectivity index (χ0) is 36.1. The van der Waals surface area contributed by atoms with Crippen LogP contribution in [0.4, 0.5) is 18.9 Å². The third kappa shape index (κ3) is 15.8. The van der Waals surface area contributed by atoms with E-state index >= 15 is 0 Å². The van der Waals surface area contributed by atoms with E-state index in [1.54, 1.807) is 38.1 Å². The number of likely N-dealkylation sites (tertiary alicyclic amines) is 1. The van der Waals surface area contributed by atoms with Gasteiger partial charge in [0.25, 0.3) is 5.91 Å². The predicted molar refractivity (Wildman–Crippen MR) is 195 cm³/mol. The number of aromatic nitrogens is 1. The highest BCUT2D eigenvalue weighted by Gasteiger charge is 2.37. The fourth-order valence-corrected chi connectivity index (χ4v) is 5.55. The number of nitrogens with one attached hydrogen (secondary N) is 1. The highest BCUT2D eigenvalue weighted by molar-refractivity contribution is 7.94. The summed E-state index contributed by atoms with van der Waals surface area (Å²) in [5.74, 6) is -0.325. The van der Waals surface area contributed by atoms with Crippen LogP contribution in [0.15, 0.2) is 84.6 Å². The van der Waals surface area contributed by atoms with Gasteiger partial charge in [-0.05, 0) is 107 Å². The van der Waals surface area contributed by atoms with Crippen molar-refractivity contribution < 1.29 is 27.3 Å². The van der Waals surface area contributed by atoms with E-state index in [0.29, 0.717) is 24.3 Å². The van der Waals surface area contributed by atoms with Crippen molar-refractivity contribution in [1.29, 1.82) is 0 Å². The van der Waals surface area contributed by atoms with Gasteiger partial charge >= 0.3 is 6.18 Å². The van der Waals surface area contributed by atoms with Gasteiger partial charge in [-0.15, -0.1) is 6.58 Å². The first-order chi connectivity index (χ1) is 22.8. The molecule has 0 radical (unpaired) electrons. The molecular formula is C38H56F3N3O3S. The summed E-state index contributed by atoms with van der Waals surface area (Å²) in [5.41, 5.74) is 1.16. The number of benzene rings is 1. The number of halogens is 3. The number of piperidine rings is 1. The molecule has 1 aromatic carbocycles. The number of nitrogens with zero attached hydrogens (tertiary/aromatic N) is 2. The Kier molecular flexibility index (Phi) is 20.7. The van der Waals surface area contributed by atoms with E-state index in [0.717, 1.165) is 49.8 Å². The Hall–Kier alpha value is -3.24. The summed E-state index contributed by atoms with van der Waals surface area (Å²) in [4.78, 5) is 18.7. The minimum absolute atomic E-state index is 0.234. The molecular weight excluding hydrogens is 635 g/mol. The van der Waals surface area contributed by atoms with Crippen LogP contribution < -0.4 is 5.32 Å². The Balaban J connectivity index is 0.000000644. The van der Waals surface area contributed by atoms with E-state index in [9.17, 15) is 18.0 Å². The molecule has 0 spiro atoms. The van der Waals surface area contributed by atoms with Gasteiger partial charge in [-0.1, -0.05) is 70.0 Å². The van der Waals surface area contributed by atoms with Crippen LogP contribution in [0.5, 0.6) is 0 Å². The third-order valence-corrected chi connectivity index (χ3v) is 8.88. The van der Waals surface area contributed by atoms with Crippen LogP contribution in [0.2, 0.25) is 0 Å². The number of carbonyl (C=O) groups is 1. The monoisotopic (exact) mass is 691 g/mol. The van der Waals surface area contributed by atoms with E-state index < -0.39 is 23.4 Å². The topological polar surface area (TPSA) is 74.7 Å². The molecule has 10 heteroatoms. The van der Waals surface area contributed by atoms with Crippen molar-refractivity contribution in [3.8, 4) is 0 Å². The molecule has 0 bridgehead atoms. The Morgan fingerprint density at radius 2 is 1.75 bits per heavy atom. The van der Waals surface area contributed by atoms with Gasteiger partial charge in [-0.2, -0.15) is 13.2 Å². The summed E-state index contributed by atoms with van der Waals surface area (Å²) in [6, 6.07) is 13.4. The average molecular weight is 692 g/mol. The number of ether oxygens (including phenoxy) is 1. The van der Waals surface area contributed by atoms with Crippen LogP contribution >= 0.6 is 12.0 Å². The molecule has 0 saturated carbocycles. The van der Waals surface area contributed by atoms with Crippen LogP contribution in [0.1, 0.15) is 104 Å². The quantitative estimate of drug-likeness (QED) is 0.0942. The van der Waals surface area contributed by atoms with Crippen molar-refractivity contribution in [2.45, 2.75) is 111 Å². The maximum absolute atomic E-state index is 13.5. The second kappa shape index (κ2) is 23.2. The minimum Gasteiger partial charge on any atom is -0.435 e. The molecule has 268 valence electrons. The maximum Gasteiger partial charge on any atom is 0.416 e. The predicted octanol–water partition coefficient (Wildman–Crippen LogP) is 11.3. The number of allylic oxidation sites excluding steroid dienone is 3. The number of aryl methyl sites for hydroxylation is 1. The summed E-state index contributed by atoms with van der Waals surface area (Å²) in [5, 5.41) is 2.93. The number of pyridine rings is 1. The van der Waals surface area contributed by atoms with Gasteiger partial charge in [0.1, 0.15) is 0 Å². The number of hydrogen-bond acceptors (Lipinski definition) is 6. The molecule has 6 nitrogen and oxygen atoms in total. The molecule has 2 unspecified atom stereocenters. The second-order valence-electron chi connectivity index (χ2n) is 12.0. The van der Waals surface area contributed by atoms with Gasteiger partial charge in [0.05, 0.1) is 17.5 Å². The Labute approximate surface area is 291 Å². The van der Waals surface area contributed by atoms with Crippen molar-refractivity contribution in [3.05, 3.63) is 95.9 Å². The van der Waals surface area contributed by atoms with E-state index in [4.69, 9.17) is 9.29 Å². The largest absolute Gasteiger partial charge is 0.435 e. The molecule has 2 heterocycles. The van der Waals surface area contributed by atoms with Crippen molar-refractivity contribution in [3.63, 3.8) is 0 Å². The highest BCUT2D eigenvalue weighted by atomic mass is 32.2. The molecule has 3 rings (SSSR count). The van der Waals surface area contributed by atoms with E-state index in [2.05, 4.69) is 49.8 Å². The lowest BCUT2D eigenvalue weighted by atomic mass is 9.89. The van der Waals surface area contributed by atoms with Crippen molar-refractivity contribution >= 4 is 23.6 Å². The van der Waals surface area contributed by atoms with Gasteiger partial charge < -0.3 is 19.5 Å². The first-order valence-corrected chi connectivity index (χ1v) is 17.7. The van der Waals surface area contributed by atoms with Crippen molar-refractivity contribution in [2.75, 3.05) is 18.4 Å². The summed E-state index contributed by atoms with van der Waals surface area (Å²) in [7, 11) is 0. The van der Waals surface area contributed by atoms with Crippen LogP contribution in [0, 0.1) is 12.8 Å². The number of anilines is 1. The van der Waals surface area contributed by atoms with Crippen molar-refractivity contribution in [1.82, 2.24) is 9.88 Å². The maximum atomic E-state index is 13.5. The molecule has 1 amide bonds. The number of rotatable bonds is 13. The van der Waals surface area contributed by atoms with E-state index in [-0.39, 0.29) is 11.6 Å². The fourth-order valence-electron chi connectivity index (χ4n) is 4.97. The standard InChI is InChI=1S/C25H28F3N3O2.C10H22OS.C3H6/c1-4-22(31-14-12-20(13-15-31)19-8-6-5-7-9-19)33-23(18(3)25(26,27)28)24(32)30-21-11-10-17(2)29-16-21;1-4-6-10(12-11)8-7-9(3)5-2;1-3-2/h4-11,16,20H,12-15H2,1-3H3,(H,30,32);9-11H,4-8H2,1-3H3;3H,1H2,2H3/b22-4-,23-18+;;. The van der Waals surface area contributed by atoms with Gasteiger partial charge in [-0.25, -0.2) is 0 Å². The van der Waals surface area contributed by atoms with Gasteiger partial charge in [-0.3, -0.25) is 9.78 Å². The van der Waals surface area contributed by atoms with Gasteiger partial charge in [0.15, 0.2) is 5.88 Å². The summed E-state index contributed by atoms with van der Waals surface area (Å²) < 4.78 is 55.2. The van der Waals surface area contributed by atoms with E-state index in [1.807, 2.05) is 30.0 Å². The second-order valence-corrected chi connectivity index (χ2v) is 12.9. The van der Waals surface area contributed by atoms with Crippen LogP contribution in [0.25, 0.3) is 0 Å². The molecule has 1 aromatic heterocycles. The lowest BCUT2D eigenvalue weighted by Crippen LogP contribution is -2.34. The molecule has 2 N–H and O–H groups in total. The van der Waals surface area contributed by atoms with Gasteiger partial charge in [0.2, 0.25) is 5.76 Å². The van der Waals surface area contributed by atoms with Crippen LogP contribution in [-0.4, -0.2) is 44.9 Å². The summed E-state index contributed by atoms with van der Waals surface area (Å²) in [6.45, 7) is 17.5. The molecule has 0 aliphatic carbocycles. The smallest absolute Gasteiger partial charge is 0.416 e. The minimum atomic E-state index is -4.71. The van der Waals surface area contributed by atoms with Crippen molar-refractivity contribution in [2.24, 2.45) is 5.92 Å². The average Bonchev–Trinajstić information content (AvgIpc) is 3.08. The molecule has 1 fully saturated rings. The summed E-state index contributed by atoms with van der Waals surface area (Å²) >= 11 is 1.05. The molecule has 2 atom stereocenters. The lowest BCUT2D eigenvalue weighted by molar-refractivity contribution is -0.119. The van der Waals surface area contributed by atoms with E-state index in [1.165, 1.54) is 37.4 Å². The number of carbonyl (C=O) groups excluding carboxylic acids is 1. The number of alkyl halides is 3. The Bertz CT molecular complexity index is 1260. The Morgan fingerprint density at radius 1 is 1.12 bits per heavy atom. The highest BCUT2D eigenvalue weighted by Crippen LogP contribution is 2.33. The summed E-state index contributed by atoms with van der Waals surface area (Å²) in [6.07, 6.45) is 7.71. The number of hydrogen-bond donors (Lipinski definition) is 2. The third-order valence-electron chi connectivity index (χ3n) is 8.11. The molecule has 48 heavy (non-hydrogen) atoms. The number of amides is 1. The normalized spacial score (nSPS) is 15.5. The first-order valence-electron chi connectivity index (χ1n) is 16.9. The van der Waals surface area contributed by atoms with Gasteiger partial charge in [0, 0.05) is 24.0 Å². The molecule has 1 aliphatic heterocycles. The first kappa shape index (κ1) is 42.8. The molecule has 1 saturated heterocycles. The SMILES string of the molecule is C/C=C(\O/C(C(=O)Nc1ccc(C)nc1)=C(\C)C(F)(F)F)N1CCC(c2ccccc2)CC1.C=CC.CCCC(CCC(C)CC)SO. The zero-order valence-electron chi connectivity index (χ0n) is 29.8. The molecule has 2 aromatic rings. The Morgan fingerprint density at radius 3 is 2.23 bits per heavy atom. The van der Waals surface area contributed by atoms with Crippen LogP contribution in [0.3, 0.4) is 0 Å². The lowest BCUT2D eigenvalue weighted by Gasteiger charge is -2.35. The zero-order valence-corrected chi connectivity index (χ0v) is 30.6. The van der Waals surface area contributed by atoms with Crippen LogP contribution in [-0.2, 0) is 9.53 Å².